The van der Waals surface area contributed by atoms with Gasteiger partial charge >= 0.3 is 0 Å². The fraction of sp³-hybridized carbons (Fsp3) is 0.435. The SMILES string of the molecule is COCC(C)NC(=O)CN1CCC(c2ccc(-c3ccc(C(N)=O)cc3)cn2)CC1. The Balaban J connectivity index is 1.51. The Kier molecular flexibility index (Phi) is 7.54. The quantitative estimate of drug-likeness (QED) is 0.695. The summed E-state index contributed by atoms with van der Waals surface area (Å²) in [5.41, 5.74) is 8.89. The summed E-state index contributed by atoms with van der Waals surface area (Å²) in [6, 6.07) is 11.4. The van der Waals surface area contributed by atoms with E-state index >= 15 is 0 Å². The Morgan fingerprint density at radius 1 is 1.17 bits per heavy atom. The molecule has 2 aromatic rings. The standard InChI is InChI=1S/C23H30N4O3/c1-16(15-30-2)26-22(28)14-27-11-9-18(10-12-27)21-8-7-20(13-25-21)17-3-5-19(6-4-17)23(24)29/h3-8,13,16,18H,9-12,14-15H2,1-2H3,(H2,24,29)(H,26,28). The van der Waals surface area contributed by atoms with Crippen LogP contribution in [0.1, 0.15) is 41.7 Å². The lowest BCUT2D eigenvalue weighted by Gasteiger charge is -2.31. The minimum atomic E-state index is -0.427. The van der Waals surface area contributed by atoms with Crippen molar-refractivity contribution < 1.29 is 14.3 Å². The van der Waals surface area contributed by atoms with Gasteiger partial charge in [-0.1, -0.05) is 18.2 Å². The monoisotopic (exact) mass is 410 g/mol. The second-order valence-electron chi connectivity index (χ2n) is 7.89. The van der Waals surface area contributed by atoms with Gasteiger partial charge in [0.1, 0.15) is 0 Å². The molecule has 1 fully saturated rings. The Hall–Kier alpha value is -2.77. The fourth-order valence-electron chi connectivity index (χ4n) is 3.85. The van der Waals surface area contributed by atoms with Crippen LogP contribution in [0.2, 0.25) is 0 Å². The summed E-state index contributed by atoms with van der Waals surface area (Å²) < 4.78 is 5.05. The molecule has 30 heavy (non-hydrogen) atoms. The van der Waals surface area contributed by atoms with Gasteiger partial charge in [-0.25, -0.2) is 0 Å². The molecule has 2 amide bonds. The number of hydrogen-bond donors (Lipinski definition) is 2. The Morgan fingerprint density at radius 3 is 2.40 bits per heavy atom. The van der Waals surface area contributed by atoms with E-state index in [4.69, 9.17) is 10.5 Å². The number of nitrogens with zero attached hydrogens (tertiary/aromatic N) is 2. The molecule has 0 aliphatic carbocycles. The summed E-state index contributed by atoms with van der Waals surface area (Å²) in [5.74, 6) is 0.0224. The zero-order valence-electron chi connectivity index (χ0n) is 17.6. The number of carbonyl (C=O) groups is 2. The van der Waals surface area contributed by atoms with Gasteiger partial charge in [0, 0.05) is 42.1 Å². The first kappa shape index (κ1) is 21.9. The highest BCUT2D eigenvalue weighted by molar-refractivity contribution is 5.93. The maximum Gasteiger partial charge on any atom is 0.248 e. The van der Waals surface area contributed by atoms with Crippen molar-refractivity contribution in [2.45, 2.75) is 31.7 Å². The molecule has 1 aromatic carbocycles. The lowest BCUT2D eigenvalue weighted by molar-refractivity contribution is -0.123. The molecule has 3 N–H and O–H groups in total. The topological polar surface area (TPSA) is 97.5 Å². The van der Waals surface area contributed by atoms with E-state index in [1.807, 2.05) is 25.3 Å². The molecular weight excluding hydrogens is 380 g/mol. The van der Waals surface area contributed by atoms with Crippen molar-refractivity contribution in [3.05, 3.63) is 53.9 Å². The highest BCUT2D eigenvalue weighted by Crippen LogP contribution is 2.28. The average molecular weight is 411 g/mol. The predicted molar refractivity (Wildman–Crippen MR) is 116 cm³/mol. The van der Waals surface area contributed by atoms with Gasteiger partial charge in [-0.05, 0) is 56.6 Å². The number of hydrogen-bond acceptors (Lipinski definition) is 5. The maximum atomic E-state index is 12.1. The van der Waals surface area contributed by atoms with Gasteiger partial charge in [0.2, 0.25) is 11.8 Å². The van der Waals surface area contributed by atoms with Crippen molar-refractivity contribution in [3.8, 4) is 11.1 Å². The number of ether oxygens (including phenoxy) is 1. The third-order valence-corrected chi connectivity index (χ3v) is 5.49. The van der Waals surface area contributed by atoms with Gasteiger partial charge in [0.25, 0.3) is 0 Å². The van der Waals surface area contributed by atoms with Crippen LogP contribution in [0, 0.1) is 0 Å². The number of benzene rings is 1. The molecule has 1 aromatic heterocycles. The van der Waals surface area contributed by atoms with E-state index < -0.39 is 5.91 Å². The number of nitrogens with one attached hydrogen (secondary N) is 1. The van der Waals surface area contributed by atoms with Crippen LogP contribution < -0.4 is 11.1 Å². The minimum absolute atomic E-state index is 0.0229. The lowest BCUT2D eigenvalue weighted by Crippen LogP contribution is -2.44. The number of piperidine rings is 1. The summed E-state index contributed by atoms with van der Waals surface area (Å²) in [5, 5.41) is 2.96. The van der Waals surface area contributed by atoms with Crippen molar-refractivity contribution in [1.29, 1.82) is 0 Å². The summed E-state index contributed by atoms with van der Waals surface area (Å²) in [4.78, 5) is 30.2. The maximum absolute atomic E-state index is 12.1. The van der Waals surface area contributed by atoms with E-state index in [1.54, 1.807) is 19.2 Å². The van der Waals surface area contributed by atoms with Gasteiger partial charge in [-0.3, -0.25) is 19.5 Å². The van der Waals surface area contributed by atoms with Crippen molar-refractivity contribution in [1.82, 2.24) is 15.2 Å². The van der Waals surface area contributed by atoms with Gasteiger partial charge in [-0.15, -0.1) is 0 Å². The molecule has 1 saturated heterocycles. The van der Waals surface area contributed by atoms with Crippen LogP contribution >= 0.6 is 0 Å². The predicted octanol–water partition coefficient (Wildman–Crippen LogP) is 2.18. The Morgan fingerprint density at radius 2 is 1.83 bits per heavy atom. The molecule has 0 bridgehead atoms. The van der Waals surface area contributed by atoms with E-state index in [0.29, 0.717) is 24.6 Å². The molecule has 1 aliphatic rings. The minimum Gasteiger partial charge on any atom is -0.383 e. The Bertz CT molecular complexity index is 844. The van der Waals surface area contributed by atoms with Gasteiger partial charge in [0.15, 0.2) is 0 Å². The first-order valence-electron chi connectivity index (χ1n) is 10.3. The zero-order valence-corrected chi connectivity index (χ0v) is 17.6. The largest absolute Gasteiger partial charge is 0.383 e. The highest BCUT2D eigenvalue weighted by atomic mass is 16.5. The van der Waals surface area contributed by atoms with E-state index in [2.05, 4.69) is 27.3 Å². The molecule has 0 radical (unpaired) electrons. The third-order valence-electron chi connectivity index (χ3n) is 5.49. The molecule has 3 rings (SSSR count). The number of pyridine rings is 1. The van der Waals surface area contributed by atoms with Gasteiger partial charge < -0.3 is 15.8 Å². The van der Waals surface area contributed by atoms with Crippen LogP contribution in [0.25, 0.3) is 11.1 Å². The Labute approximate surface area is 177 Å². The van der Waals surface area contributed by atoms with Crippen LogP contribution in [0.5, 0.6) is 0 Å². The first-order chi connectivity index (χ1) is 14.5. The number of likely N-dealkylation sites (tertiary alicyclic amines) is 1. The van der Waals surface area contributed by atoms with Crippen LogP contribution in [-0.2, 0) is 9.53 Å². The van der Waals surface area contributed by atoms with Crippen molar-refractivity contribution >= 4 is 11.8 Å². The smallest absolute Gasteiger partial charge is 0.248 e. The van der Waals surface area contributed by atoms with Crippen molar-refractivity contribution in [2.24, 2.45) is 5.73 Å². The number of carbonyl (C=O) groups excluding carboxylic acids is 2. The van der Waals surface area contributed by atoms with Crippen molar-refractivity contribution in [3.63, 3.8) is 0 Å². The van der Waals surface area contributed by atoms with Gasteiger partial charge in [0.05, 0.1) is 13.2 Å². The molecule has 0 spiro atoms. The van der Waals surface area contributed by atoms with Crippen LogP contribution in [0.15, 0.2) is 42.6 Å². The molecule has 1 atom stereocenters. The highest BCUT2D eigenvalue weighted by Gasteiger charge is 2.23. The number of aromatic nitrogens is 1. The number of primary amides is 1. The fourth-order valence-corrected chi connectivity index (χ4v) is 3.85. The summed E-state index contributed by atoms with van der Waals surface area (Å²) in [7, 11) is 1.63. The summed E-state index contributed by atoms with van der Waals surface area (Å²) in [6.07, 6.45) is 3.85. The molecular formula is C23H30N4O3. The molecule has 0 saturated carbocycles. The van der Waals surface area contributed by atoms with Gasteiger partial charge in [-0.2, -0.15) is 0 Å². The number of nitrogens with two attached hydrogens (primary N) is 1. The second-order valence-corrected chi connectivity index (χ2v) is 7.89. The first-order valence-corrected chi connectivity index (χ1v) is 10.3. The van der Waals surface area contributed by atoms with Crippen LogP contribution in [0.3, 0.4) is 0 Å². The second kappa shape index (κ2) is 10.3. The zero-order chi connectivity index (χ0) is 21.5. The molecule has 7 nitrogen and oxygen atoms in total. The number of rotatable bonds is 8. The summed E-state index contributed by atoms with van der Waals surface area (Å²) >= 11 is 0. The molecule has 160 valence electrons. The molecule has 2 heterocycles. The molecule has 7 heteroatoms. The van der Waals surface area contributed by atoms with Crippen molar-refractivity contribution in [2.75, 3.05) is 33.4 Å². The van der Waals surface area contributed by atoms with E-state index in [0.717, 1.165) is 42.8 Å². The lowest BCUT2D eigenvalue weighted by atomic mass is 9.92. The summed E-state index contributed by atoms with van der Waals surface area (Å²) in [6.45, 7) is 4.65. The van der Waals surface area contributed by atoms with E-state index in [-0.39, 0.29) is 11.9 Å². The van der Waals surface area contributed by atoms with Crippen LogP contribution in [0.4, 0.5) is 0 Å². The molecule has 1 aliphatic heterocycles. The number of methoxy groups -OCH3 is 1. The average Bonchev–Trinajstić information content (AvgIpc) is 2.74. The molecule has 1 unspecified atom stereocenters. The van der Waals surface area contributed by atoms with Crippen LogP contribution in [-0.4, -0.2) is 61.1 Å². The normalized spacial score (nSPS) is 16.2. The third kappa shape index (κ3) is 5.87. The van der Waals surface area contributed by atoms with E-state index in [9.17, 15) is 9.59 Å². The number of amides is 2. The van der Waals surface area contributed by atoms with E-state index in [1.165, 1.54) is 0 Å².